The number of aryl methyl sites for hydroxylation is 1. The summed E-state index contributed by atoms with van der Waals surface area (Å²) in [5, 5.41) is 6.83. The van der Waals surface area contributed by atoms with Crippen LogP contribution in [-0.2, 0) is 9.59 Å². The van der Waals surface area contributed by atoms with Crippen LogP contribution in [0.4, 0.5) is 0 Å². The van der Waals surface area contributed by atoms with Crippen molar-refractivity contribution in [3.05, 3.63) is 16.8 Å². The Hall–Kier alpha value is -2.22. The molecule has 0 saturated heterocycles. The summed E-state index contributed by atoms with van der Waals surface area (Å²) in [4.78, 5) is 42.5. The highest BCUT2D eigenvalue weighted by Gasteiger charge is 2.22. The first kappa shape index (κ1) is 15.2. The first-order chi connectivity index (χ1) is 10.1. The molecule has 0 radical (unpaired) electrons. The summed E-state index contributed by atoms with van der Waals surface area (Å²) in [6.45, 7) is 1.81. The lowest BCUT2D eigenvalue weighted by molar-refractivity contribution is -0.122. The van der Waals surface area contributed by atoms with Crippen LogP contribution in [-0.4, -0.2) is 41.2 Å². The van der Waals surface area contributed by atoms with Crippen LogP contribution < -0.4 is 10.6 Å². The Labute approximate surface area is 125 Å². The number of carbonyl (C=O) groups is 3. The summed E-state index contributed by atoms with van der Waals surface area (Å²) in [5.41, 5.74) is 1.12. The quantitative estimate of drug-likeness (QED) is 0.685. The third-order valence-electron chi connectivity index (χ3n) is 3.03. The lowest BCUT2D eigenvalue weighted by Gasteiger charge is -2.15. The number of aromatic nitrogens is 2. The number of H-pyrrole nitrogens is 1. The van der Waals surface area contributed by atoms with Crippen molar-refractivity contribution >= 4 is 39.8 Å². The van der Waals surface area contributed by atoms with Gasteiger partial charge in [0, 0.05) is 18.8 Å². The second kappa shape index (κ2) is 6.49. The summed E-state index contributed by atoms with van der Waals surface area (Å²) < 4.78 is 0. The van der Waals surface area contributed by atoms with E-state index in [9.17, 15) is 14.4 Å². The predicted octanol–water partition coefficient (Wildman–Crippen LogP) is 0.756. The van der Waals surface area contributed by atoms with Crippen molar-refractivity contribution < 1.29 is 14.4 Å². The number of carbonyl (C=O) groups excluding carboxylic acids is 3. The fourth-order valence-corrected chi connectivity index (χ4v) is 2.92. The van der Waals surface area contributed by atoms with E-state index >= 15 is 0 Å². The normalized spacial score (nSPS) is 12.1. The maximum atomic E-state index is 12.3. The van der Waals surface area contributed by atoms with Gasteiger partial charge in [0.1, 0.15) is 23.0 Å². The van der Waals surface area contributed by atoms with Crippen molar-refractivity contribution in [1.82, 2.24) is 20.6 Å². The summed E-state index contributed by atoms with van der Waals surface area (Å²) >= 11 is 1.36. The monoisotopic (exact) mass is 308 g/mol. The molecular weight excluding hydrogens is 292 g/mol. The number of amides is 2. The van der Waals surface area contributed by atoms with Gasteiger partial charge in [-0.15, -0.1) is 11.3 Å². The molecule has 2 rings (SSSR count). The van der Waals surface area contributed by atoms with E-state index in [1.54, 1.807) is 5.38 Å². The molecule has 21 heavy (non-hydrogen) atoms. The molecule has 0 aliphatic carbocycles. The number of aldehydes is 1. The van der Waals surface area contributed by atoms with Gasteiger partial charge < -0.3 is 20.4 Å². The largest absolute Gasteiger partial charge is 0.357 e. The number of aromatic amines is 1. The number of rotatable bonds is 6. The molecule has 3 N–H and O–H groups in total. The van der Waals surface area contributed by atoms with Gasteiger partial charge in [0.25, 0.3) is 5.91 Å². The van der Waals surface area contributed by atoms with E-state index in [4.69, 9.17) is 0 Å². The average Bonchev–Trinajstić information content (AvgIpc) is 3.00. The predicted molar refractivity (Wildman–Crippen MR) is 79.3 cm³/mol. The Morgan fingerprint density at radius 1 is 1.52 bits per heavy atom. The molecule has 0 aliphatic heterocycles. The molecule has 1 unspecified atom stereocenters. The van der Waals surface area contributed by atoms with Gasteiger partial charge in [-0.25, -0.2) is 4.98 Å². The maximum Gasteiger partial charge on any atom is 0.254 e. The molecule has 7 nitrogen and oxygen atoms in total. The van der Waals surface area contributed by atoms with Crippen molar-refractivity contribution in [3.63, 3.8) is 0 Å². The molecule has 8 heteroatoms. The molecular formula is C13H16N4O3S. The highest BCUT2D eigenvalue weighted by Crippen LogP contribution is 2.23. The highest BCUT2D eigenvalue weighted by atomic mass is 32.1. The smallest absolute Gasteiger partial charge is 0.254 e. The van der Waals surface area contributed by atoms with Gasteiger partial charge in [-0.2, -0.15) is 0 Å². The first-order valence-electron chi connectivity index (χ1n) is 6.46. The van der Waals surface area contributed by atoms with Crippen LogP contribution in [0.1, 0.15) is 29.0 Å². The Balaban J connectivity index is 2.17. The fraction of sp³-hybridized carbons (Fsp3) is 0.385. The minimum atomic E-state index is -0.730. The van der Waals surface area contributed by atoms with Crippen LogP contribution >= 0.6 is 11.3 Å². The van der Waals surface area contributed by atoms with Gasteiger partial charge in [0.05, 0.1) is 11.1 Å². The molecule has 2 amide bonds. The lowest BCUT2D eigenvalue weighted by Crippen LogP contribution is -2.45. The highest BCUT2D eigenvalue weighted by molar-refractivity contribution is 7.17. The van der Waals surface area contributed by atoms with Crippen molar-refractivity contribution in [3.8, 4) is 0 Å². The Bertz CT molecular complexity index is 676. The topological polar surface area (TPSA) is 104 Å². The van der Waals surface area contributed by atoms with E-state index in [0.717, 1.165) is 16.9 Å². The van der Waals surface area contributed by atoms with Gasteiger partial charge in [0.2, 0.25) is 5.91 Å². The van der Waals surface area contributed by atoms with Crippen molar-refractivity contribution in [2.24, 2.45) is 0 Å². The van der Waals surface area contributed by atoms with Crippen LogP contribution in [0.3, 0.4) is 0 Å². The molecule has 2 aromatic rings. The standard InChI is InChI=1S/C13H16N4O3S/c1-7-15-10-8(6-21-13(10)16-7)11(19)17-9(4-3-5-18)12(20)14-2/h5-6,9H,3-4H2,1-2H3,(H,14,20)(H,15,16)(H,17,19). The summed E-state index contributed by atoms with van der Waals surface area (Å²) in [7, 11) is 1.49. The third kappa shape index (κ3) is 3.27. The van der Waals surface area contributed by atoms with E-state index in [0.29, 0.717) is 11.1 Å². The van der Waals surface area contributed by atoms with Crippen LogP contribution in [0.25, 0.3) is 10.3 Å². The van der Waals surface area contributed by atoms with E-state index in [1.165, 1.54) is 18.4 Å². The molecule has 0 fully saturated rings. The van der Waals surface area contributed by atoms with Gasteiger partial charge in [-0.05, 0) is 13.3 Å². The molecule has 2 heterocycles. The third-order valence-corrected chi connectivity index (χ3v) is 3.91. The van der Waals surface area contributed by atoms with Crippen molar-refractivity contribution in [2.75, 3.05) is 7.05 Å². The minimum absolute atomic E-state index is 0.209. The number of nitrogens with one attached hydrogen (secondary N) is 3. The first-order valence-corrected chi connectivity index (χ1v) is 7.34. The van der Waals surface area contributed by atoms with Gasteiger partial charge >= 0.3 is 0 Å². The molecule has 0 saturated carbocycles. The van der Waals surface area contributed by atoms with Crippen LogP contribution in [0, 0.1) is 6.92 Å². The van der Waals surface area contributed by atoms with Crippen LogP contribution in [0.15, 0.2) is 5.38 Å². The second-order valence-corrected chi connectivity index (χ2v) is 5.39. The van der Waals surface area contributed by atoms with E-state index in [2.05, 4.69) is 20.6 Å². The average molecular weight is 308 g/mol. The zero-order valence-corrected chi connectivity index (χ0v) is 12.5. The zero-order chi connectivity index (χ0) is 15.4. The van der Waals surface area contributed by atoms with E-state index in [-0.39, 0.29) is 24.7 Å². The van der Waals surface area contributed by atoms with Gasteiger partial charge in [-0.1, -0.05) is 0 Å². The van der Waals surface area contributed by atoms with Gasteiger partial charge in [-0.3, -0.25) is 9.59 Å². The van der Waals surface area contributed by atoms with Crippen molar-refractivity contribution in [2.45, 2.75) is 25.8 Å². The molecule has 112 valence electrons. The molecule has 0 bridgehead atoms. The molecule has 1 atom stereocenters. The van der Waals surface area contributed by atoms with Crippen LogP contribution in [0.2, 0.25) is 0 Å². The maximum absolute atomic E-state index is 12.3. The summed E-state index contributed by atoms with van der Waals surface area (Å²) in [6.07, 6.45) is 1.20. The number of thiophene rings is 1. The molecule has 0 aromatic carbocycles. The van der Waals surface area contributed by atoms with E-state index < -0.39 is 6.04 Å². The van der Waals surface area contributed by atoms with Gasteiger partial charge in [0.15, 0.2) is 0 Å². The minimum Gasteiger partial charge on any atom is -0.357 e. The number of imidazole rings is 1. The van der Waals surface area contributed by atoms with Crippen LogP contribution in [0.5, 0.6) is 0 Å². The SMILES string of the molecule is CNC(=O)C(CCC=O)NC(=O)c1csc2nc(C)[nH]c12. The van der Waals surface area contributed by atoms with E-state index in [1.807, 2.05) is 6.92 Å². The number of fused-ring (bicyclic) bond motifs is 1. The van der Waals surface area contributed by atoms with Crippen molar-refractivity contribution in [1.29, 1.82) is 0 Å². The fourth-order valence-electron chi connectivity index (χ4n) is 1.99. The molecule has 0 spiro atoms. The summed E-state index contributed by atoms with van der Waals surface area (Å²) in [6, 6.07) is -0.730. The zero-order valence-electron chi connectivity index (χ0n) is 11.7. The number of hydrogen-bond donors (Lipinski definition) is 3. The number of likely N-dealkylation sites (N-methyl/N-ethyl adjacent to an activating group) is 1. The lowest BCUT2D eigenvalue weighted by atomic mass is 10.1. The summed E-state index contributed by atoms with van der Waals surface area (Å²) in [5.74, 6) is 0.0524. The molecule has 0 aliphatic rings. The second-order valence-electron chi connectivity index (χ2n) is 4.54. The Morgan fingerprint density at radius 3 is 2.95 bits per heavy atom. The number of nitrogens with zero attached hydrogens (tertiary/aromatic N) is 1. The molecule has 2 aromatic heterocycles. The Morgan fingerprint density at radius 2 is 2.29 bits per heavy atom. The Kier molecular flexibility index (Phi) is 4.69. The number of hydrogen-bond acceptors (Lipinski definition) is 5.